The number of thiophene rings is 1. The Labute approximate surface area is 80.8 Å². The number of hydrogen-bond acceptors (Lipinski definition) is 3. The van der Waals surface area contributed by atoms with Crippen molar-refractivity contribution in [2.24, 2.45) is 0 Å². The highest BCUT2D eigenvalue weighted by atomic mass is 32.1. The first-order valence-electron chi connectivity index (χ1n) is 4.19. The Bertz CT molecular complexity index is 363. The van der Waals surface area contributed by atoms with Gasteiger partial charge >= 0.3 is 0 Å². The Kier molecular flexibility index (Phi) is 2.19. The highest BCUT2D eigenvalue weighted by Crippen LogP contribution is 2.20. The van der Waals surface area contributed by atoms with Crippen molar-refractivity contribution in [3.63, 3.8) is 0 Å². The van der Waals surface area contributed by atoms with Gasteiger partial charge in [-0.15, -0.1) is 0 Å². The van der Waals surface area contributed by atoms with Gasteiger partial charge in [-0.05, 0) is 23.9 Å². The molecule has 0 fully saturated rings. The average molecular weight is 194 g/mol. The van der Waals surface area contributed by atoms with Crippen molar-refractivity contribution >= 4 is 17.1 Å². The van der Waals surface area contributed by atoms with Gasteiger partial charge in [-0.1, -0.05) is 0 Å². The summed E-state index contributed by atoms with van der Waals surface area (Å²) in [5, 5.41) is 3.85. The molecule has 0 bridgehead atoms. The summed E-state index contributed by atoms with van der Waals surface area (Å²) in [6, 6.07) is 0. The van der Waals surface area contributed by atoms with E-state index in [1.54, 1.807) is 11.3 Å². The predicted octanol–water partition coefficient (Wildman–Crippen LogP) is 2.54. The first kappa shape index (κ1) is 8.51. The molecule has 0 saturated carbocycles. The van der Waals surface area contributed by atoms with Crippen molar-refractivity contribution in [2.75, 3.05) is 6.61 Å². The van der Waals surface area contributed by atoms with E-state index in [9.17, 15) is 4.79 Å². The number of aryl methyl sites for hydroxylation is 1. The summed E-state index contributed by atoms with van der Waals surface area (Å²) >= 11 is 1.55. The molecule has 0 saturated heterocycles. The second kappa shape index (κ2) is 3.34. The lowest BCUT2D eigenvalue weighted by Crippen LogP contribution is -2.03. The minimum atomic E-state index is 0.0243. The highest BCUT2D eigenvalue weighted by molar-refractivity contribution is 7.08. The van der Waals surface area contributed by atoms with E-state index in [2.05, 4.69) is 0 Å². The molecule has 0 amide bonds. The van der Waals surface area contributed by atoms with Crippen molar-refractivity contribution in [1.29, 1.82) is 0 Å². The van der Waals surface area contributed by atoms with E-state index < -0.39 is 0 Å². The Hall–Kier alpha value is -1.09. The summed E-state index contributed by atoms with van der Waals surface area (Å²) in [5.74, 6) is 0.540. The van der Waals surface area contributed by atoms with Crippen molar-refractivity contribution in [3.05, 3.63) is 33.7 Å². The molecular weight excluding hydrogens is 184 g/mol. The molecule has 2 heterocycles. The largest absolute Gasteiger partial charge is 0.489 e. The number of ether oxygens (including phenoxy) is 1. The average Bonchev–Trinajstić information content (AvgIpc) is 2.72. The normalized spacial score (nSPS) is 15.3. The van der Waals surface area contributed by atoms with Crippen LogP contribution in [0.5, 0.6) is 0 Å². The standard InChI is InChI=1S/C10H10O2S/c1-7-5-13-6-8(7)10(11)9-3-2-4-12-9/h3,5-6H,2,4H2,1H3. The Balaban J connectivity index is 2.27. The zero-order valence-electron chi connectivity index (χ0n) is 7.37. The molecule has 1 aliphatic heterocycles. The number of rotatable bonds is 2. The Morgan fingerprint density at radius 1 is 1.54 bits per heavy atom. The quantitative estimate of drug-likeness (QED) is 0.676. The van der Waals surface area contributed by atoms with Crippen molar-refractivity contribution in [3.8, 4) is 0 Å². The SMILES string of the molecule is Cc1cscc1C(=O)C1=CCCO1. The molecule has 3 heteroatoms. The number of Topliss-reactive ketones (excluding diaryl/α,β-unsaturated/α-hetero) is 1. The van der Waals surface area contributed by atoms with Crippen LogP contribution in [0.1, 0.15) is 22.3 Å². The zero-order valence-corrected chi connectivity index (χ0v) is 8.19. The molecule has 0 atom stereocenters. The van der Waals surface area contributed by atoms with E-state index in [1.807, 2.05) is 23.8 Å². The lowest BCUT2D eigenvalue weighted by Gasteiger charge is -2.01. The molecule has 0 radical (unpaired) electrons. The number of hydrogen-bond donors (Lipinski definition) is 0. The summed E-state index contributed by atoms with van der Waals surface area (Å²) in [5.41, 5.74) is 1.81. The maximum atomic E-state index is 11.7. The van der Waals surface area contributed by atoms with Gasteiger partial charge in [0, 0.05) is 17.4 Å². The van der Waals surface area contributed by atoms with E-state index in [4.69, 9.17) is 4.74 Å². The number of allylic oxidation sites excluding steroid dienone is 1. The number of carbonyl (C=O) groups is 1. The van der Waals surface area contributed by atoms with Crippen LogP contribution in [0.15, 0.2) is 22.6 Å². The molecule has 0 N–H and O–H groups in total. The maximum absolute atomic E-state index is 11.7. The lowest BCUT2D eigenvalue weighted by molar-refractivity contribution is 0.0942. The van der Waals surface area contributed by atoms with Gasteiger partial charge < -0.3 is 4.74 Å². The molecule has 2 rings (SSSR count). The van der Waals surface area contributed by atoms with Gasteiger partial charge in [0.15, 0.2) is 5.76 Å². The van der Waals surface area contributed by atoms with Gasteiger partial charge in [0.1, 0.15) is 0 Å². The van der Waals surface area contributed by atoms with Gasteiger partial charge in [0.05, 0.1) is 6.61 Å². The van der Waals surface area contributed by atoms with Crippen molar-refractivity contribution in [1.82, 2.24) is 0 Å². The summed E-state index contributed by atoms with van der Waals surface area (Å²) in [6.45, 7) is 2.59. The van der Waals surface area contributed by atoms with Crippen LogP contribution in [0, 0.1) is 6.92 Å². The van der Waals surface area contributed by atoms with Gasteiger partial charge in [-0.3, -0.25) is 4.79 Å². The van der Waals surface area contributed by atoms with Crippen LogP contribution in [-0.4, -0.2) is 12.4 Å². The van der Waals surface area contributed by atoms with E-state index in [-0.39, 0.29) is 5.78 Å². The van der Waals surface area contributed by atoms with Gasteiger partial charge in [-0.25, -0.2) is 0 Å². The minimum Gasteiger partial charge on any atom is -0.489 e. The molecule has 0 spiro atoms. The smallest absolute Gasteiger partial charge is 0.228 e. The van der Waals surface area contributed by atoms with E-state index in [1.165, 1.54) is 0 Å². The summed E-state index contributed by atoms with van der Waals surface area (Å²) in [6.07, 6.45) is 2.71. The molecule has 1 aromatic rings. The molecule has 1 aliphatic rings. The molecular formula is C10H10O2S. The van der Waals surface area contributed by atoms with Crippen molar-refractivity contribution < 1.29 is 9.53 Å². The first-order valence-corrected chi connectivity index (χ1v) is 5.14. The second-order valence-electron chi connectivity index (χ2n) is 3.00. The minimum absolute atomic E-state index is 0.0243. The highest BCUT2D eigenvalue weighted by Gasteiger charge is 2.18. The summed E-state index contributed by atoms with van der Waals surface area (Å²) in [4.78, 5) is 11.7. The summed E-state index contributed by atoms with van der Waals surface area (Å²) < 4.78 is 5.21. The predicted molar refractivity (Wildman–Crippen MR) is 52.0 cm³/mol. The van der Waals surface area contributed by atoms with E-state index in [0.29, 0.717) is 12.4 Å². The van der Waals surface area contributed by atoms with Crippen LogP contribution in [0.4, 0.5) is 0 Å². The Morgan fingerprint density at radius 2 is 2.38 bits per heavy atom. The van der Waals surface area contributed by atoms with Crippen LogP contribution >= 0.6 is 11.3 Å². The molecule has 1 aromatic heterocycles. The third-order valence-electron chi connectivity index (χ3n) is 2.03. The van der Waals surface area contributed by atoms with E-state index in [0.717, 1.165) is 17.5 Å². The monoisotopic (exact) mass is 194 g/mol. The van der Waals surface area contributed by atoms with Gasteiger partial charge in [0.25, 0.3) is 0 Å². The zero-order chi connectivity index (χ0) is 9.26. The van der Waals surface area contributed by atoms with E-state index >= 15 is 0 Å². The van der Waals surface area contributed by atoms with Crippen LogP contribution < -0.4 is 0 Å². The molecule has 68 valence electrons. The fourth-order valence-corrected chi connectivity index (χ4v) is 2.13. The molecule has 13 heavy (non-hydrogen) atoms. The van der Waals surface area contributed by atoms with Crippen LogP contribution in [0.2, 0.25) is 0 Å². The fourth-order valence-electron chi connectivity index (χ4n) is 1.30. The fraction of sp³-hybridized carbons (Fsp3) is 0.300. The van der Waals surface area contributed by atoms with Crippen LogP contribution in [0.25, 0.3) is 0 Å². The number of carbonyl (C=O) groups excluding carboxylic acids is 1. The second-order valence-corrected chi connectivity index (χ2v) is 3.75. The topological polar surface area (TPSA) is 26.3 Å². The molecule has 0 aliphatic carbocycles. The first-order chi connectivity index (χ1) is 6.29. The van der Waals surface area contributed by atoms with Crippen LogP contribution in [-0.2, 0) is 4.74 Å². The maximum Gasteiger partial charge on any atom is 0.228 e. The van der Waals surface area contributed by atoms with Crippen LogP contribution in [0.3, 0.4) is 0 Å². The van der Waals surface area contributed by atoms with Gasteiger partial charge in [-0.2, -0.15) is 11.3 Å². The molecule has 0 aromatic carbocycles. The molecule has 2 nitrogen and oxygen atoms in total. The van der Waals surface area contributed by atoms with Crippen molar-refractivity contribution in [2.45, 2.75) is 13.3 Å². The number of ketones is 1. The Morgan fingerprint density at radius 3 is 2.92 bits per heavy atom. The molecule has 0 unspecified atom stereocenters. The lowest BCUT2D eigenvalue weighted by atomic mass is 10.1. The third kappa shape index (κ3) is 1.52. The van der Waals surface area contributed by atoms with Gasteiger partial charge in [0.2, 0.25) is 5.78 Å². The third-order valence-corrected chi connectivity index (χ3v) is 2.89. The summed E-state index contributed by atoms with van der Waals surface area (Å²) in [7, 11) is 0.